The van der Waals surface area contributed by atoms with Gasteiger partial charge in [-0.25, -0.2) is 9.78 Å². The Kier molecular flexibility index (Phi) is 4.19. The summed E-state index contributed by atoms with van der Waals surface area (Å²) in [5, 5.41) is 9.25. The van der Waals surface area contributed by atoms with Crippen LogP contribution in [0.1, 0.15) is 38.3 Å². The van der Waals surface area contributed by atoms with E-state index in [0.29, 0.717) is 18.9 Å². The molecule has 2 heterocycles. The van der Waals surface area contributed by atoms with Crippen LogP contribution in [0.2, 0.25) is 0 Å². The Labute approximate surface area is 111 Å². The molecule has 6 nitrogen and oxygen atoms in total. The van der Waals surface area contributed by atoms with Crippen LogP contribution in [0.15, 0.2) is 10.9 Å². The molecule has 1 aromatic heterocycles. The molecular weight excluding hydrogens is 246 g/mol. The highest BCUT2D eigenvalue weighted by Gasteiger charge is 2.30. The molecule has 1 fully saturated rings. The number of aliphatic carboxylic acids is 1. The van der Waals surface area contributed by atoms with Gasteiger partial charge < -0.3 is 10.0 Å². The average Bonchev–Trinajstić information content (AvgIpc) is 2.38. The number of piperidine rings is 1. The number of aryl methyl sites for hydroxylation is 1. The molecule has 0 spiro atoms. The van der Waals surface area contributed by atoms with Gasteiger partial charge in [0.05, 0.1) is 0 Å². The van der Waals surface area contributed by atoms with Gasteiger partial charge in [-0.3, -0.25) is 9.78 Å². The van der Waals surface area contributed by atoms with E-state index in [1.54, 1.807) is 4.90 Å². The maximum absolute atomic E-state index is 11.6. The van der Waals surface area contributed by atoms with Crippen LogP contribution in [-0.2, 0) is 11.2 Å². The summed E-state index contributed by atoms with van der Waals surface area (Å²) in [6.45, 7) is 2.64. The number of aromatic nitrogens is 2. The number of H-pyrrole nitrogens is 1. The number of anilines is 1. The van der Waals surface area contributed by atoms with Gasteiger partial charge in [0, 0.05) is 18.3 Å². The standard InChI is InChI=1S/C13H19N3O3/c1-2-5-9-8-11(17)15-13(14-9)16-7-4-3-6-10(16)12(18)19/h8,10H,2-7H2,1H3,(H,18,19)(H,14,15,17). The number of nitrogens with zero attached hydrogens (tertiary/aromatic N) is 2. The van der Waals surface area contributed by atoms with Crippen LogP contribution in [0.3, 0.4) is 0 Å². The van der Waals surface area contributed by atoms with Gasteiger partial charge in [-0.1, -0.05) is 13.3 Å². The molecule has 1 aliphatic heterocycles. The predicted octanol–water partition coefficient (Wildman–Crippen LogP) is 1.17. The summed E-state index contributed by atoms with van der Waals surface area (Å²) >= 11 is 0. The first kappa shape index (κ1) is 13.6. The minimum Gasteiger partial charge on any atom is -0.480 e. The average molecular weight is 265 g/mol. The molecule has 0 aromatic carbocycles. The third kappa shape index (κ3) is 3.13. The third-order valence-electron chi connectivity index (χ3n) is 3.35. The Morgan fingerprint density at radius 1 is 1.58 bits per heavy atom. The summed E-state index contributed by atoms with van der Waals surface area (Å²) in [6.07, 6.45) is 4.04. The first-order valence-corrected chi connectivity index (χ1v) is 6.71. The van der Waals surface area contributed by atoms with Gasteiger partial charge in [0.15, 0.2) is 0 Å². The molecule has 0 radical (unpaired) electrons. The molecule has 6 heteroatoms. The summed E-state index contributed by atoms with van der Waals surface area (Å²) in [4.78, 5) is 31.7. The number of carboxylic acid groups (broad SMARTS) is 1. The summed E-state index contributed by atoms with van der Waals surface area (Å²) in [7, 11) is 0. The minimum atomic E-state index is -0.858. The van der Waals surface area contributed by atoms with Crippen LogP contribution in [0.5, 0.6) is 0 Å². The molecule has 0 aliphatic carbocycles. The van der Waals surface area contributed by atoms with E-state index >= 15 is 0 Å². The van der Waals surface area contributed by atoms with Crippen LogP contribution in [0.4, 0.5) is 5.95 Å². The molecule has 0 bridgehead atoms. The second-order valence-electron chi connectivity index (χ2n) is 4.85. The van der Waals surface area contributed by atoms with Crippen molar-refractivity contribution in [3.63, 3.8) is 0 Å². The fourth-order valence-electron chi connectivity index (χ4n) is 2.46. The van der Waals surface area contributed by atoms with E-state index in [9.17, 15) is 14.7 Å². The number of hydrogen-bond acceptors (Lipinski definition) is 4. The van der Waals surface area contributed by atoms with Crippen molar-refractivity contribution in [2.45, 2.75) is 45.1 Å². The Hall–Kier alpha value is -1.85. The fourth-order valence-corrected chi connectivity index (χ4v) is 2.46. The van der Waals surface area contributed by atoms with Gasteiger partial charge in [-0.15, -0.1) is 0 Å². The highest BCUT2D eigenvalue weighted by Crippen LogP contribution is 2.21. The lowest BCUT2D eigenvalue weighted by atomic mass is 10.0. The summed E-state index contributed by atoms with van der Waals surface area (Å²) < 4.78 is 0. The largest absolute Gasteiger partial charge is 0.480 e. The lowest BCUT2D eigenvalue weighted by molar-refractivity contribution is -0.139. The highest BCUT2D eigenvalue weighted by atomic mass is 16.4. The predicted molar refractivity (Wildman–Crippen MR) is 71.5 cm³/mol. The van der Waals surface area contributed by atoms with Gasteiger partial charge in [0.2, 0.25) is 5.95 Å². The molecule has 19 heavy (non-hydrogen) atoms. The summed E-state index contributed by atoms with van der Waals surface area (Å²) in [5.74, 6) is -0.466. The molecule has 1 aromatic rings. The first-order valence-electron chi connectivity index (χ1n) is 6.71. The van der Waals surface area contributed by atoms with Crippen molar-refractivity contribution in [1.82, 2.24) is 9.97 Å². The van der Waals surface area contributed by atoms with Crippen LogP contribution in [0, 0.1) is 0 Å². The first-order chi connectivity index (χ1) is 9.11. The number of carboxylic acids is 1. The smallest absolute Gasteiger partial charge is 0.326 e. The maximum atomic E-state index is 11.6. The van der Waals surface area contributed by atoms with Crippen molar-refractivity contribution in [3.05, 3.63) is 22.1 Å². The van der Waals surface area contributed by atoms with Crippen LogP contribution >= 0.6 is 0 Å². The maximum Gasteiger partial charge on any atom is 0.326 e. The van der Waals surface area contributed by atoms with Crippen LogP contribution in [-0.4, -0.2) is 33.6 Å². The SMILES string of the molecule is CCCc1cc(=O)[nH]c(N2CCCCC2C(=O)O)n1. The zero-order valence-corrected chi connectivity index (χ0v) is 11.1. The Morgan fingerprint density at radius 3 is 3.05 bits per heavy atom. The van der Waals surface area contributed by atoms with E-state index in [4.69, 9.17) is 0 Å². The number of hydrogen-bond donors (Lipinski definition) is 2. The molecule has 2 N–H and O–H groups in total. The van der Waals surface area contributed by atoms with E-state index < -0.39 is 12.0 Å². The molecule has 1 aliphatic rings. The molecule has 1 unspecified atom stereocenters. The fraction of sp³-hybridized carbons (Fsp3) is 0.615. The van der Waals surface area contributed by atoms with Crippen molar-refractivity contribution in [2.24, 2.45) is 0 Å². The Bertz CT molecular complexity index is 512. The van der Waals surface area contributed by atoms with Crippen LogP contribution in [0.25, 0.3) is 0 Å². The van der Waals surface area contributed by atoms with Gasteiger partial charge in [-0.05, 0) is 25.7 Å². The molecular formula is C13H19N3O3. The monoisotopic (exact) mass is 265 g/mol. The van der Waals surface area contributed by atoms with Crippen molar-refractivity contribution < 1.29 is 9.90 Å². The highest BCUT2D eigenvalue weighted by molar-refractivity contribution is 5.77. The molecule has 104 valence electrons. The second-order valence-corrected chi connectivity index (χ2v) is 4.85. The zero-order valence-electron chi connectivity index (χ0n) is 11.1. The van der Waals surface area contributed by atoms with Crippen molar-refractivity contribution >= 4 is 11.9 Å². The molecule has 2 rings (SSSR count). The van der Waals surface area contributed by atoms with Crippen molar-refractivity contribution in [3.8, 4) is 0 Å². The van der Waals surface area contributed by atoms with Gasteiger partial charge in [0.25, 0.3) is 5.56 Å². The summed E-state index contributed by atoms with van der Waals surface area (Å²) in [6, 6.07) is 0.890. The lowest BCUT2D eigenvalue weighted by Crippen LogP contribution is -2.46. The number of aromatic amines is 1. The second kappa shape index (κ2) is 5.86. The minimum absolute atomic E-state index is 0.219. The Morgan fingerprint density at radius 2 is 2.37 bits per heavy atom. The van der Waals surface area contributed by atoms with E-state index in [2.05, 4.69) is 9.97 Å². The normalized spacial score (nSPS) is 19.4. The topological polar surface area (TPSA) is 86.3 Å². The number of rotatable bonds is 4. The van der Waals surface area contributed by atoms with Crippen molar-refractivity contribution in [2.75, 3.05) is 11.4 Å². The quantitative estimate of drug-likeness (QED) is 0.853. The van der Waals surface area contributed by atoms with Gasteiger partial charge >= 0.3 is 5.97 Å². The van der Waals surface area contributed by atoms with E-state index in [-0.39, 0.29) is 5.56 Å². The summed E-state index contributed by atoms with van der Waals surface area (Å²) in [5.41, 5.74) is 0.499. The third-order valence-corrected chi connectivity index (χ3v) is 3.35. The van der Waals surface area contributed by atoms with E-state index in [1.165, 1.54) is 6.07 Å². The molecule has 1 saturated heterocycles. The van der Waals surface area contributed by atoms with Crippen LogP contribution < -0.4 is 10.5 Å². The van der Waals surface area contributed by atoms with Gasteiger partial charge in [0.1, 0.15) is 6.04 Å². The van der Waals surface area contributed by atoms with Gasteiger partial charge in [-0.2, -0.15) is 0 Å². The number of nitrogens with one attached hydrogen (secondary N) is 1. The molecule has 1 atom stereocenters. The molecule has 0 saturated carbocycles. The molecule has 0 amide bonds. The van der Waals surface area contributed by atoms with Crippen molar-refractivity contribution in [1.29, 1.82) is 0 Å². The van der Waals surface area contributed by atoms with E-state index in [0.717, 1.165) is 31.4 Å². The Balaban J connectivity index is 2.33. The van der Waals surface area contributed by atoms with E-state index in [1.807, 2.05) is 6.92 Å². The number of carbonyl (C=O) groups is 1. The lowest BCUT2D eigenvalue weighted by Gasteiger charge is -2.33. The zero-order chi connectivity index (χ0) is 13.8.